The van der Waals surface area contributed by atoms with Gasteiger partial charge in [-0.15, -0.1) is 0 Å². The van der Waals surface area contributed by atoms with E-state index < -0.39 is 11.5 Å². The molecule has 128 valence electrons. The molecule has 6 nitrogen and oxygen atoms in total. The minimum Gasteiger partial charge on any atom is -0.492 e. The molecule has 0 bridgehead atoms. The number of nitrogens with one attached hydrogen (secondary N) is 1. The number of H-pyrrole nitrogens is 1. The summed E-state index contributed by atoms with van der Waals surface area (Å²) in [5, 5.41) is 0.323. The fraction of sp³-hybridized carbons (Fsp3) is 0.211. The van der Waals surface area contributed by atoms with Crippen molar-refractivity contribution in [1.82, 2.24) is 9.97 Å². The summed E-state index contributed by atoms with van der Waals surface area (Å²) in [7, 11) is 0. The summed E-state index contributed by atoms with van der Waals surface area (Å²) >= 11 is 0. The van der Waals surface area contributed by atoms with Gasteiger partial charge in [0.1, 0.15) is 11.1 Å². The fourth-order valence-electron chi connectivity index (χ4n) is 2.50. The van der Waals surface area contributed by atoms with E-state index in [0.717, 1.165) is 12.0 Å². The maximum Gasteiger partial charge on any atom is 0.374 e. The van der Waals surface area contributed by atoms with E-state index in [-0.39, 0.29) is 12.4 Å². The van der Waals surface area contributed by atoms with Crippen molar-refractivity contribution in [1.29, 1.82) is 0 Å². The maximum atomic E-state index is 12.4. The molecule has 0 fully saturated rings. The number of carbonyl (C=O) groups is 1. The Morgan fingerprint density at radius 1 is 1.12 bits per heavy atom. The topological polar surface area (TPSA) is 81.3 Å². The summed E-state index contributed by atoms with van der Waals surface area (Å²) in [5.41, 5.74) is 1.12. The van der Waals surface area contributed by atoms with Gasteiger partial charge < -0.3 is 14.5 Å². The van der Waals surface area contributed by atoms with Gasteiger partial charge in [0.25, 0.3) is 5.56 Å². The van der Waals surface area contributed by atoms with Gasteiger partial charge in [-0.1, -0.05) is 36.4 Å². The Morgan fingerprint density at radius 3 is 2.68 bits per heavy atom. The third-order valence-electron chi connectivity index (χ3n) is 3.66. The lowest BCUT2D eigenvalue weighted by Crippen LogP contribution is -2.18. The Balaban J connectivity index is 1.84. The molecule has 3 aromatic rings. The Bertz CT molecular complexity index is 935. The lowest BCUT2D eigenvalue weighted by molar-refractivity contribution is 0.0512. The first-order valence-electron chi connectivity index (χ1n) is 8.06. The van der Waals surface area contributed by atoms with Crippen LogP contribution in [0.3, 0.4) is 0 Å². The summed E-state index contributed by atoms with van der Waals surface area (Å²) in [4.78, 5) is 30.8. The number of hydrogen-bond acceptors (Lipinski definition) is 5. The minimum absolute atomic E-state index is 0.110. The van der Waals surface area contributed by atoms with Gasteiger partial charge in [0.05, 0.1) is 18.7 Å². The van der Waals surface area contributed by atoms with E-state index in [2.05, 4.69) is 9.97 Å². The van der Waals surface area contributed by atoms with Crippen LogP contribution in [0.4, 0.5) is 0 Å². The molecule has 25 heavy (non-hydrogen) atoms. The number of hydrogen-bond donors (Lipinski definition) is 1. The molecule has 0 aliphatic heterocycles. The van der Waals surface area contributed by atoms with Crippen molar-refractivity contribution in [3.05, 3.63) is 70.3 Å². The quantitative estimate of drug-likeness (QED) is 0.699. The summed E-state index contributed by atoms with van der Waals surface area (Å²) < 4.78 is 10.6. The number of ether oxygens (including phenoxy) is 2. The van der Waals surface area contributed by atoms with Crippen LogP contribution >= 0.6 is 0 Å². The molecule has 0 aliphatic carbocycles. The smallest absolute Gasteiger partial charge is 0.374 e. The predicted molar refractivity (Wildman–Crippen MR) is 94.0 cm³/mol. The average Bonchev–Trinajstić information content (AvgIpc) is 2.62. The molecule has 0 amide bonds. The van der Waals surface area contributed by atoms with Crippen molar-refractivity contribution in [2.75, 3.05) is 13.2 Å². The maximum absolute atomic E-state index is 12.4. The van der Waals surface area contributed by atoms with Crippen molar-refractivity contribution in [3.8, 4) is 5.75 Å². The number of carbonyl (C=O) groups excluding carboxylic acids is 1. The molecule has 1 aromatic heterocycles. The van der Waals surface area contributed by atoms with Gasteiger partial charge in [0.15, 0.2) is 0 Å². The van der Waals surface area contributed by atoms with E-state index >= 15 is 0 Å². The Labute approximate surface area is 144 Å². The molecule has 1 heterocycles. The van der Waals surface area contributed by atoms with Gasteiger partial charge in [-0.3, -0.25) is 4.79 Å². The van der Waals surface area contributed by atoms with E-state index in [0.29, 0.717) is 23.3 Å². The molecule has 0 saturated heterocycles. The molecule has 0 unspecified atom stereocenters. The summed E-state index contributed by atoms with van der Waals surface area (Å²) in [6.07, 6.45) is 0.726. The number of benzene rings is 2. The van der Waals surface area contributed by atoms with Crippen LogP contribution in [0, 0.1) is 0 Å². The van der Waals surface area contributed by atoms with Gasteiger partial charge in [-0.05, 0) is 24.6 Å². The van der Waals surface area contributed by atoms with Crippen molar-refractivity contribution >= 4 is 16.9 Å². The molecule has 0 radical (unpaired) electrons. The SMILES string of the molecule is CCOC(=O)c1nc2cccc(OCCc3ccccc3)c2c(=O)[nH]1. The average molecular weight is 338 g/mol. The van der Waals surface area contributed by atoms with Crippen molar-refractivity contribution in [2.24, 2.45) is 0 Å². The van der Waals surface area contributed by atoms with E-state index in [1.54, 1.807) is 25.1 Å². The molecular weight excluding hydrogens is 320 g/mol. The van der Waals surface area contributed by atoms with Crippen LogP contribution in [0.5, 0.6) is 5.75 Å². The molecule has 0 aliphatic rings. The van der Waals surface area contributed by atoms with E-state index in [1.807, 2.05) is 30.3 Å². The van der Waals surface area contributed by atoms with Crippen LogP contribution in [0.1, 0.15) is 23.1 Å². The van der Waals surface area contributed by atoms with Crippen LogP contribution in [-0.2, 0) is 11.2 Å². The molecule has 1 N–H and O–H groups in total. The molecule has 6 heteroatoms. The minimum atomic E-state index is -0.656. The number of nitrogens with zero attached hydrogens (tertiary/aromatic N) is 1. The Kier molecular flexibility index (Phi) is 5.09. The molecule has 0 saturated carbocycles. The normalized spacial score (nSPS) is 10.6. The second-order valence-corrected chi connectivity index (χ2v) is 5.37. The summed E-state index contributed by atoms with van der Waals surface area (Å²) in [6.45, 7) is 2.33. The molecule has 3 rings (SSSR count). The predicted octanol–water partition coefficient (Wildman–Crippen LogP) is 2.72. The first-order valence-corrected chi connectivity index (χ1v) is 8.06. The molecule has 2 aromatic carbocycles. The van der Waals surface area contributed by atoms with Crippen molar-refractivity contribution in [3.63, 3.8) is 0 Å². The number of rotatable bonds is 6. The highest BCUT2D eigenvalue weighted by atomic mass is 16.5. The lowest BCUT2D eigenvalue weighted by atomic mass is 10.2. The third-order valence-corrected chi connectivity index (χ3v) is 3.66. The van der Waals surface area contributed by atoms with Crippen LogP contribution in [0.2, 0.25) is 0 Å². The van der Waals surface area contributed by atoms with Crippen LogP contribution in [0.15, 0.2) is 53.3 Å². The number of aromatic amines is 1. The second kappa shape index (κ2) is 7.61. The van der Waals surface area contributed by atoms with Gasteiger partial charge in [0, 0.05) is 6.42 Å². The molecule has 0 spiro atoms. The highest BCUT2D eigenvalue weighted by molar-refractivity contribution is 5.90. The van der Waals surface area contributed by atoms with Crippen LogP contribution in [-0.4, -0.2) is 29.2 Å². The summed E-state index contributed by atoms with van der Waals surface area (Å²) in [6, 6.07) is 15.1. The Morgan fingerprint density at radius 2 is 1.92 bits per heavy atom. The zero-order valence-electron chi connectivity index (χ0n) is 13.8. The monoisotopic (exact) mass is 338 g/mol. The lowest BCUT2D eigenvalue weighted by Gasteiger charge is -2.09. The number of esters is 1. The van der Waals surface area contributed by atoms with E-state index in [1.165, 1.54) is 0 Å². The fourth-order valence-corrected chi connectivity index (χ4v) is 2.50. The first kappa shape index (κ1) is 16.7. The van der Waals surface area contributed by atoms with Crippen molar-refractivity contribution in [2.45, 2.75) is 13.3 Å². The summed E-state index contributed by atoms with van der Waals surface area (Å²) in [5.74, 6) is -0.324. The second-order valence-electron chi connectivity index (χ2n) is 5.37. The van der Waals surface area contributed by atoms with Gasteiger partial charge in [0.2, 0.25) is 5.82 Å². The van der Waals surface area contributed by atoms with Gasteiger partial charge in [-0.2, -0.15) is 0 Å². The van der Waals surface area contributed by atoms with Crippen LogP contribution in [0.25, 0.3) is 10.9 Å². The van der Waals surface area contributed by atoms with E-state index in [9.17, 15) is 9.59 Å². The largest absolute Gasteiger partial charge is 0.492 e. The Hall–Kier alpha value is -3.15. The van der Waals surface area contributed by atoms with Crippen LogP contribution < -0.4 is 10.3 Å². The highest BCUT2D eigenvalue weighted by Gasteiger charge is 2.15. The van der Waals surface area contributed by atoms with Gasteiger partial charge >= 0.3 is 5.97 Å². The molecule has 0 atom stereocenters. The van der Waals surface area contributed by atoms with Gasteiger partial charge in [-0.25, -0.2) is 9.78 Å². The zero-order valence-corrected chi connectivity index (χ0v) is 13.8. The number of aromatic nitrogens is 2. The first-order chi connectivity index (χ1) is 12.2. The molecular formula is C19H18N2O4. The van der Waals surface area contributed by atoms with E-state index in [4.69, 9.17) is 9.47 Å². The van der Waals surface area contributed by atoms with Crippen molar-refractivity contribution < 1.29 is 14.3 Å². The zero-order chi connectivity index (χ0) is 17.6. The highest BCUT2D eigenvalue weighted by Crippen LogP contribution is 2.21. The third kappa shape index (κ3) is 3.85. The standard InChI is InChI=1S/C19H18N2O4/c1-2-24-19(23)17-20-14-9-6-10-15(16(14)18(22)21-17)25-12-11-13-7-4-3-5-8-13/h3-10H,2,11-12H2,1H3,(H,20,21,22). The number of fused-ring (bicyclic) bond motifs is 1.